The zero-order valence-corrected chi connectivity index (χ0v) is 14.8. The lowest BCUT2D eigenvalue weighted by molar-refractivity contribution is 0.0283. The summed E-state index contributed by atoms with van der Waals surface area (Å²) in [6.07, 6.45) is 2.18. The van der Waals surface area contributed by atoms with E-state index in [-0.39, 0.29) is 6.61 Å². The van der Waals surface area contributed by atoms with Crippen molar-refractivity contribution in [2.45, 2.75) is 25.8 Å². The normalized spacial score (nSPS) is 21.4. The van der Waals surface area contributed by atoms with E-state index in [1.54, 1.807) is 0 Å². The molecule has 1 aliphatic heterocycles. The minimum absolute atomic E-state index is 0.0130. The molecule has 134 valence electrons. The molecule has 1 heterocycles. The summed E-state index contributed by atoms with van der Waals surface area (Å²) in [5.74, 6) is -1.12. The minimum Gasteiger partial charge on any atom is -0.396 e. The van der Waals surface area contributed by atoms with Gasteiger partial charge in [0.1, 0.15) is 11.6 Å². The first kappa shape index (κ1) is 18.3. The summed E-state index contributed by atoms with van der Waals surface area (Å²) in [6, 6.07) is 11.4. The quantitative estimate of drug-likeness (QED) is 0.847. The van der Waals surface area contributed by atoms with Gasteiger partial charge in [0, 0.05) is 29.6 Å². The van der Waals surface area contributed by atoms with Crippen molar-refractivity contribution in [1.82, 2.24) is 4.90 Å². The van der Waals surface area contributed by atoms with E-state index < -0.39 is 17.0 Å². The highest BCUT2D eigenvalue weighted by atomic mass is 35.5. The molecule has 2 nitrogen and oxygen atoms in total. The predicted molar refractivity (Wildman–Crippen MR) is 95.5 cm³/mol. The van der Waals surface area contributed by atoms with E-state index in [2.05, 4.69) is 4.90 Å². The summed E-state index contributed by atoms with van der Waals surface area (Å²) in [6.45, 7) is 2.38. The highest BCUT2D eigenvalue weighted by Gasteiger charge is 2.35. The number of likely N-dealkylation sites (tertiary alicyclic amines) is 1. The lowest BCUT2D eigenvalue weighted by Gasteiger charge is -2.42. The van der Waals surface area contributed by atoms with E-state index in [1.807, 2.05) is 24.3 Å². The Labute approximate surface area is 152 Å². The molecule has 5 heteroatoms. The van der Waals surface area contributed by atoms with Crippen LogP contribution < -0.4 is 0 Å². The molecule has 1 atom stereocenters. The molecule has 2 aromatic carbocycles. The number of aliphatic hydroxyl groups is 1. The third kappa shape index (κ3) is 4.57. The molecule has 0 saturated carbocycles. The van der Waals surface area contributed by atoms with Crippen molar-refractivity contribution < 1.29 is 13.9 Å². The number of aliphatic hydroxyl groups excluding tert-OH is 1. The molecule has 0 aliphatic carbocycles. The SMILES string of the molecule is OC[C@]1(Cc2ccc(F)cc2F)CCCN(Cc2ccc(Cl)cc2)C1. The van der Waals surface area contributed by atoms with Crippen LogP contribution in [0, 0.1) is 17.0 Å². The van der Waals surface area contributed by atoms with E-state index in [4.69, 9.17) is 11.6 Å². The van der Waals surface area contributed by atoms with Crippen LogP contribution in [-0.2, 0) is 13.0 Å². The van der Waals surface area contributed by atoms with Gasteiger partial charge in [-0.15, -0.1) is 0 Å². The molecular formula is C20H22ClF2NO. The Bertz CT molecular complexity index is 722. The maximum absolute atomic E-state index is 14.0. The summed E-state index contributed by atoms with van der Waals surface area (Å²) in [4.78, 5) is 2.28. The standard InChI is InChI=1S/C20H22ClF2NO/c21-17-5-2-15(3-6-17)12-24-9-1-8-20(13-24,14-25)11-16-4-7-18(22)10-19(16)23/h2-7,10,25H,1,8-9,11-14H2/t20-/m0/s1. The highest BCUT2D eigenvalue weighted by molar-refractivity contribution is 6.30. The molecule has 1 saturated heterocycles. The number of benzene rings is 2. The second kappa shape index (κ2) is 7.81. The predicted octanol–water partition coefficient (Wildman–Crippen LogP) is 4.44. The van der Waals surface area contributed by atoms with Crippen LogP contribution in [0.15, 0.2) is 42.5 Å². The second-order valence-corrected chi connectivity index (χ2v) is 7.45. The Morgan fingerprint density at radius 3 is 2.56 bits per heavy atom. The van der Waals surface area contributed by atoms with Crippen LogP contribution in [0.1, 0.15) is 24.0 Å². The topological polar surface area (TPSA) is 23.5 Å². The van der Waals surface area contributed by atoms with Gasteiger partial charge >= 0.3 is 0 Å². The van der Waals surface area contributed by atoms with Crippen molar-refractivity contribution in [2.24, 2.45) is 5.41 Å². The molecule has 3 rings (SSSR count). The first-order chi connectivity index (χ1) is 12.0. The monoisotopic (exact) mass is 365 g/mol. The number of hydrogen-bond donors (Lipinski definition) is 1. The lowest BCUT2D eigenvalue weighted by Crippen LogP contribution is -2.46. The van der Waals surface area contributed by atoms with E-state index in [0.717, 1.165) is 37.6 Å². The van der Waals surface area contributed by atoms with Gasteiger partial charge in [-0.25, -0.2) is 8.78 Å². The lowest BCUT2D eigenvalue weighted by atomic mass is 9.75. The van der Waals surface area contributed by atoms with Crippen LogP contribution in [0.5, 0.6) is 0 Å². The summed E-state index contributed by atoms with van der Waals surface area (Å²) in [5.41, 5.74) is 1.22. The van der Waals surface area contributed by atoms with Gasteiger partial charge in [-0.3, -0.25) is 4.90 Å². The molecule has 0 radical (unpaired) electrons. The maximum Gasteiger partial charge on any atom is 0.129 e. The Morgan fingerprint density at radius 1 is 1.12 bits per heavy atom. The number of piperidine rings is 1. The van der Waals surface area contributed by atoms with Crippen LogP contribution in [0.3, 0.4) is 0 Å². The van der Waals surface area contributed by atoms with Crippen LogP contribution in [0.4, 0.5) is 8.78 Å². The zero-order chi connectivity index (χ0) is 17.9. The fourth-order valence-corrected chi connectivity index (χ4v) is 3.82. The molecule has 0 bridgehead atoms. The van der Waals surface area contributed by atoms with Crippen molar-refractivity contribution in [3.8, 4) is 0 Å². The molecule has 1 fully saturated rings. The Kier molecular flexibility index (Phi) is 5.72. The van der Waals surface area contributed by atoms with E-state index >= 15 is 0 Å². The maximum atomic E-state index is 14.0. The van der Waals surface area contributed by atoms with Gasteiger partial charge < -0.3 is 5.11 Å². The third-order valence-corrected chi connectivity index (χ3v) is 5.23. The van der Waals surface area contributed by atoms with Gasteiger partial charge in [0.2, 0.25) is 0 Å². The molecule has 0 amide bonds. The van der Waals surface area contributed by atoms with Gasteiger partial charge in [-0.05, 0) is 55.1 Å². The van der Waals surface area contributed by atoms with Crippen LogP contribution in [0.25, 0.3) is 0 Å². The van der Waals surface area contributed by atoms with Gasteiger partial charge in [-0.2, -0.15) is 0 Å². The van der Waals surface area contributed by atoms with E-state index in [0.29, 0.717) is 23.6 Å². The van der Waals surface area contributed by atoms with Gasteiger partial charge in [0.05, 0.1) is 6.61 Å². The first-order valence-corrected chi connectivity index (χ1v) is 8.89. The largest absolute Gasteiger partial charge is 0.396 e. The number of rotatable bonds is 5. The van der Waals surface area contributed by atoms with Gasteiger partial charge in [-0.1, -0.05) is 29.8 Å². The average molecular weight is 366 g/mol. The second-order valence-electron chi connectivity index (χ2n) is 7.01. The molecule has 0 spiro atoms. The van der Waals surface area contributed by atoms with Gasteiger partial charge in [0.25, 0.3) is 0 Å². The van der Waals surface area contributed by atoms with Crippen molar-refractivity contribution in [3.05, 3.63) is 70.2 Å². The first-order valence-electron chi connectivity index (χ1n) is 8.51. The summed E-state index contributed by atoms with van der Waals surface area (Å²) >= 11 is 5.93. The Balaban J connectivity index is 1.73. The Hall–Kier alpha value is -1.49. The average Bonchev–Trinajstić information content (AvgIpc) is 2.60. The third-order valence-electron chi connectivity index (χ3n) is 4.98. The Morgan fingerprint density at radius 2 is 1.88 bits per heavy atom. The fourth-order valence-electron chi connectivity index (χ4n) is 3.69. The summed E-state index contributed by atoms with van der Waals surface area (Å²) in [7, 11) is 0. The summed E-state index contributed by atoms with van der Waals surface area (Å²) < 4.78 is 27.2. The van der Waals surface area contributed by atoms with Crippen molar-refractivity contribution >= 4 is 11.6 Å². The van der Waals surface area contributed by atoms with Crippen molar-refractivity contribution in [3.63, 3.8) is 0 Å². The van der Waals surface area contributed by atoms with Crippen molar-refractivity contribution in [2.75, 3.05) is 19.7 Å². The van der Waals surface area contributed by atoms with Crippen LogP contribution in [0.2, 0.25) is 5.02 Å². The summed E-state index contributed by atoms with van der Waals surface area (Å²) in [5, 5.41) is 10.7. The zero-order valence-electron chi connectivity index (χ0n) is 14.0. The molecule has 0 aromatic heterocycles. The van der Waals surface area contributed by atoms with Crippen LogP contribution in [-0.4, -0.2) is 29.7 Å². The van der Waals surface area contributed by atoms with E-state index in [1.165, 1.54) is 12.1 Å². The molecule has 0 unspecified atom stereocenters. The molecule has 25 heavy (non-hydrogen) atoms. The van der Waals surface area contributed by atoms with Gasteiger partial charge in [0.15, 0.2) is 0 Å². The molecule has 2 aromatic rings. The number of nitrogens with zero attached hydrogens (tertiary/aromatic N) is 1. The number of hydrogen-bond acceptors (Lipinski definition) is 2. The fraction of sp³-hybridized carbons (Fsp3) is 0.400. The van der Waals surface area contributed by atoms with Crippen molar-refractivity contribution in [1.29, 1.82) is 0 Å². The highest BCUT2D eigenvalue weighted by Crippen LogP contribution is 2.34. The van der Waals surface area contributed by atoms with E-state index in [9.17, 15) is 13.9 Å². The molecule has 1 N–H and O–H groups in total. The molecular weight excluding hydrogens is 344 g/mol. The van der Waals surface area contributed by atoms with Crippen LogP contribution >= 0.6 is 11.6 Å². The smallest absolute Gasteiger partial charge is 0.129 e. The number of halogens is 3. The molecule has 1 aliphatic rings. The minimum atomic E-state index is -0.577.